The summed E-state index contributed by atoms with van der Waals surface area (Å²) in [6.07, 6.45) is 20.4. The van der Waals surface area contributed by atoms with Gasteiger partial charge in [-0.15, -0.1) is 0 Å². The number of allylic oxidation sites excluding steroid dienone is 2. The summed E-state index contributed by atoms with van der Waals surface area (Å²) in [6, 6.07) is 4.14. The molecule has 0 radical (unpaired) electrons. The first-order chi connectivity index (χ1) is 15.4. The van der Waals surface area contributed by atoms with Crippen molar-refractivity contribution in [2.24, 2.45) is 0 Å². The number of anilines is 1. The van der Waals surface area contributed by atoms with Crippen molar-refractivity contribution >= 4 is 21.7 Å². The summed E-state index contributed by atoms with van der Waals surface area (Å²) in [5, 5.41) is 2.58. The summed E-state index contributed by atoms with van der Waals surface area (Å²) < 4.78 is 37.5. The fourth-order valence-corrected chi connectivity index (χ4v) is 4.18. The molecule has 0 aliphatic rings. The summed E-state index contributed by atoms with van der Waals surface area (Å²) in [7, 11) is -3.07. The molecular weight excluding hydrogens is 426 g/mol. The first kappa shape index (κ1) is 28.2. The monoisotopic (exact) mass is 467 g/mol. The average Bonchev–Trinajstić information content (AvgIpc) is 2.76. The van der Waals surface area contributed by atoms with Gasteiger partial charge in [0.2, 0.25) is 5.91 Å². The van der Waals surface area contributed by atoms with Crippen molar-refractivity contribution in [1.82, 2.24) is 0 Å². The van der Waals surface area contributed by atoms with Gasteiger partial charge in [0.25, 0.3) is 10.1 Å². The number of carbonyl (C=O) groups excluding carboxylic acids is 1. The molecule has 1 aromatic carbocycles. The molecule has 1 rings (SSSR count). The number of amides is 1. The van der Waals surface area contributed by atoms with Crippen LogP contribution in [-0.4, -0.2) is 26.0 Å². The molecule has 0 saturated carbocycles. The van der Waals surface area contributed by atoms with Gasteiger partial charge in [-0.05, 0) is 44.2 Å². The second-order valence-corrected chi connectivity index (χ2v) is 9.61. The minimum absolute atomic E-state index is 0.0612. The highest BCUT2D eigenvalue weighted by Crippen LogP contribution is 2.26. The molecule has 182 valence electrons. The summed E-state index contributed by atoms with van der Waals surface area (Å²) in [6.45, 7) is 2.24. The van der Waals surface area contributed by atoms with Crippen LogP contribution in [0.5, 0.6) is 5.75 Å². The van der Waals surface area contributed by atoms with Crippen molar-refractivity contribution in [2.45, 2.75) is 102 Å². The number of rotatable bonds is 18. The Bertz CT molecular complexity index is 790. The summed E-state index contributed by atoms with van der Waals surface area (Å²) >= 11 is 0. The van der Waals surface area contributed by atoms with Crippen LogP contribution in [0.4, 0.5) is 5.69 Å². The maximum Gasteiger partial charge on any atom is 0.296 e. The summed E-state index contributed by atoms with van der Waals surface area (Å²) in [5.74, 6) is 0.0190. The Morgan fingerprint density at radius 1 is 0.938 bits per heavy atom. The number of methoxy groups -OCH3 is 1. The average molecular weight is 468 g/mol. The highest BCUT2D eigenvalue weighted by Gasteiger charge is 2.18. The number of hydrogen-bond donors (Lipinski definition) is 2. The second-order valence-electron chi connectivity index (χ2n) is 8.22. The van der Waals surface area contributed by atoms with Crippen LogP contribution in [0, 0.1) is 0 Å². The van der Waals surface area contributed by atoms with Crippen LogP contribution < -0.4 is 10.1 Å². The number of carbonyl (C=O) groups is 1. The molecule has 32 heavy (non-hydrogen) atoms. The van der Waals surface area contributed by atoms with Gasteiger partial charge in [0.15, 0.2) is 0 Å². The van der Waals surface area contributed by atoms with Crippen LogP contribution in [0.15, 0.2) is 35.2 Å². The standard InChI is InChI=1S/C25H41NO5S/c1-3-4-5-6-7-8-9-10-11-12-13-14-15-16-17-18-25(27)26-23-20-19-22(31-2)21-24(23)32(28,29)30/h10-11,19-21H,3-9,12-18H2,1-2H3,(H,26,27)(H,28,29,30)/b11-10+. The molecule has 0 spiro atoms. The third-order valence-electron chi connectivity index (χ3n) is 5.41. The van der Waals surface area contributed by atoms with E-state index in [1.165, 1.54) is 76.7 Å². The Kier molecular flexibility index (Phi) is 14.7. The van der Waals surface area contributed by atoms with Crippen molar-refractivity contribution in [3.63, 3.8) is 0 Å². The van der Waals surface area contributed by atoms with Gasteiger partial charge in [-0.1, -0.05) is 70.4 Å². The molecule has 6 nitrogen and oxygen atoms in total. The van der Waals surface area contributed by atoms with Crippen LogP contribution in [0.25, 0.3) is 0 Å². The van der Waals surface area contributed by atoms with Crippen molar-refractivity contribution in [3.8, 4) is 5.75 Å². The third kappa shape index (κ3) is 12.9. The molecule has 0 aromatic heterocycles. The van der Waals surface area contributed by atoms with Gasteiger partial charge in [-0.3, -0.25) is 9.35 Å². The molecule has 0 heterocycles. The number of unbranched alkanes of at least 4 members (excludes halogenated alkanes) is 11. The molecule has 0 saturated heterocycles. The minimum atomic E-state index is -4.46. The van der Waals surface area contributed by atoms with Crippen molar-refractivity contribution < 1.29 is 22.5 Å². The van der Waals surface area contributed by atoms with Gasteiger partial charge in [-0.2, -0.15) is 8.42 Å². The van der Waals surface area contributed by atoms with Gasteiger partial charge in [0.05, 0.1) is 12.8 Å². The maximum absolute atomic E-state index is 12.2. The van der Waals surface area contributed by atoms with Crippen LogP contribution >= 0.6 is 0 Å². The largest absolute Gasteiger partial charge is 0.497 e. The molecule has 1 amide bonds. The predicted octanol–water partition coefficient (Wildman–Crippen LogP) is 6.92. The minimum Gasteiger partial charge on any atom is -0.497 e. The Morgan fingerprint density at radius 3 is 2.06 bits per heavy atom. The zero-order valence-corrected chi connectivity index (χ0v) is 20.6. The summed E-state index contributed by atoms with van der Waals surface area (Å²) in [4.78, 5) is 11.8. The van der Waals surface area contributed by atoms with Gasteiger partial charge in [0, 0.05) is 12.5 Å². The van der Waals surface area contributed by atoms with Crippen molar-refractivity contribution in [2.75, 3.05) is 12.4 Å². The molecule has 0 atom stereocenters. The lowest BCUT2D eigenvalue weighted by molar-refractivity contribution is -0.116. The van der Waals surface area contributed by atoms with Gasteiger partial charge in [0.1, 0.15) is 10.6 Å². The van der Waals surface area contributed by atoms with E-state index >= 15 is 0 Å². The lowest BCUT2D eigenvalue weighted by Gasteiger charge is -2.11. The summed E-state index contributed by atoms with van der Waals surface area (Å²) in [5.41, 5.74) is 0.0612. The third-order valence-corrected chi connectivity index (χ3v) is 6.30. The molecule has 0 aliphatic heterocycles. The molecule has 2 N–H and O–H groups in total. The normalized spacial score (nSPS) is 11.7. The Balaban J connectivity index is 2.13. The quantitative estimate of drug-likeness (QED) is 0.139. The Hall–Kier alpha value is -1.86. The number of ether oxygens (including phenoxy) is 1. The molecule has 0 bridgehead atoms. The topological polar surface area (TPSA) is 92.7 Å². The van der Waals surface area contributed by atoms with Crippen molar-refractivity contribution in [3.05, 3.63) is 30.4 Å². The highest BCUT2D eigenvalue weighted by molar-refractivity contribution is 7.86. The number of nitrogens with one attached hydrogen (secondary N) is 1. The van der Waals surface area contributed by atoms with Crippen LogP contribution in [0.2, 0.25) is 0 Å². The van der Waals surface area contributed by atoms with Crippen LogP contribution in [0.1, 0.15) is 96.8 Å². The Labute approximate surface area is 194 Å². The van der Waals surface area contributed by atoms with E-state index in [1.807, 2.05) is 0 Å². The second kappa shape index (κ2) is 16.7. The van der Waals surface area contributed by atoms with Crippen molar-refractivity contribution in [1.29, 1.82) is 0 Å². The predicted molar refractivity (Wildman–Crippen MR) is 131 cm³/mol. The number of hydrogen-bond acceptors (Lipinski definition) is 4. The van der Waals surface area contributed by atoms with E-state index in [9.17, 15) is 17.8 Å². The zero-order valence-electron chi connectivity index (χ0n) is 19.8. The van der Waals surface area contributed by atoms with E-state index < -0.39 is 10.1 Å². The molecule has 0 aliphatic carbocycles. The lowest BCUT2D eigenvalue weighted by atomic mass is 10.1. The highest BCUT2D eigenvalue weighted by atomic mass is 32.2. The molecular formula is C25H41NO5S. The van der Waals surface area contributed by atoms with Crippen LogP contribution in [0.3, 0.4) is 0 Å². The molecule has 7 heteroatoms. The number of benzene rings is 1. The van der Waals surface area contributed by atoms with E-state index in [4.69, 9.17) is 4.74 Å². The fourth-order valence-electron chi connectivity index (χ4n) is 3.52. The molecule has 1 aromatic rings. The van der Waals surface area contributed by atoms with Gasteiger partial charge < -0.3 is 10.1 Å². The van der Waals surface area contributed by atoms with E-state index in [0.717, 1.165) is 32.1 Å². The molecule has 0 fully saturated rings. The Morgan fingerprint density at radius 2 is 1.50 bits per heavy atom. The fraction of sp³-hybridized carbons (Fsp3) is 0.640. The van der Waals surface area contributed by atoms with E-state index in [1.54, 1.807) is 0 Å². The van der Waals surface area contributed by atoms with Gasteiger partial charge >= 0.3 is 0 Å². The van der Waals surface area contributed by atoms with Crippen LogP contribution in [-0.2, 0) is 14.9 Å². The van der Waals surface area contributed by atoms with Gasteiger partial charge in [-0.25, -0.2) is 0 Å². The van der Waals surface area contributed by atoms with E-state index in [-0.39, 0.29) is 22.2 Å². The van der Waals surface area contributed by atoms with E-state index in [0.29, 0.717) is 6.42 Å². The molecule has 0 unspecified atom stereocenters. The first-order valence-corrected chi connectivity index (χ1v) is 13.4. The lowest BCUT2D eigenvalue weighted by Crippen LogP contribution is -2.14. The zero-order chi connectivity index (χ0) is 23.7. The van der Waals surface area contributed by atoms with E-state index in [2.05, 4.69) is 24.4 Å². The SMILES string of the molecule is CCCCCCCC/C=C/CCCCCCCC(=O)Nc1ccc(OC)cc1S(=O)(=O)O. The smallest absolute Gasteiger partial charge is 0.296 e. The first-order valence-electron chi connectivity index (χ1n) is 12.0. The maximum atomic E-state index is 12.2.